The van der Waals surface area contributed by atoms with E-state index < -0.39 is 23.1 Å². The lowest BCUT2D eigenvalue weighted by atomic mass is 9.82. The normalized spacial score (nSPS) is 25.6. The number of rotatable bonds is 2. The molecule has 0 spiro atoms. The van der Waals surface area contributed by atoms with E-state index in [-0.39, 0.29) is 12.1 Å². The molecule has 1 amide bonds. The van der Waals surface area contributed by atoms with Gasteiger partial charge in [0.25, 0.3) is 5.91 Å². The topological polar surface area (TPSA) is 116 Å². The minimum absolute atomic E-state index is 0.153. The Balaban J connectivity index is 1.75. The molecule has 2 heterocycles. The van der Waals surface area contributed by atoms with Gasteiger partial charge in [0, 0.05) is 31.1 Å². The van der Waals surface area contributed by atoms with E-state index in [1.54, 1.807) is 42.9 Å². The second kappa shape index (κ2) is 6.97. The monoisotopic (exact) mass is 409 g/mol. The Morgan fingerprint density at radius 3 is 2.70 bits per heavy atom. The number of fused-ring (bicyclic) bond motifs is 1. The molecule has 0 radical (unpaired) electrons. The van der Waals surface area contributed by atoms with E-state index in [0.717, 1.165) is 0 Å². The van der Waals surface area contributed by atoms with E-state index in [1.165, 1.54) is 4.90 Å². The molecule has 8 heteroatoms. The SMILES string of the molecule is CN1CC[C@@](O)(C#Cc2cccc(-n3nc(C(=O)O)c4c3CCCC4(C)O)c2)C1=O. The van der Waals surface area contributed by atoms with Crippen LogP contribution in [0.2, 0.25) is 0 Å². The van der Waals surface area contributed by atoms with Crippen LogP contribution in [0.1, 0.15) is 53.5 Å². The van der Waals surface area contributed by atoms with Gasteiger partial charge in [0.05, 0.1) is 17.0 Å². The maximum atomic E-state index is 12.1. The summed E-state index contributed by atoms with van der Waals surface area (Å²) >= 11 is 0. The Labute approximate surface area is 173 Å². The molecule has 2 atom stereocenters. The van der Waals surface area contributed by atoms with Crippen molar-refractivity contribution in [2.75, 3.05) is 13.6 Å². The molecule has 156 valence electrons. The zero-order chi connectivity index (χ0) is 21.7. The Kier molecular flexibility index (Phi) is 4.68. The first-order valence-electron chi connectivity index (χ1n) is 9.82. The lowest BCUT2D eigenvalue weighted by Gasteiger charge is -2.29. The van der Waals surface area contributed by atoms with Gasteiger partial charge < -0.3 is 20.2 Å². The molecule has 2 aliphatic rings. The van der Waals surface area contributed by atoms with E-state index in [4.69, 9.17) is 0 Å². The summed E-state index contributed by atoms with van der Waals surface area (Å²) in [6.07, 6.45) is 2.03. The molecular weight excluding hydrogens is 386 g/mol. The maximum absolute atomic E-state index is 12.1. The van der Waals surface area contributed by atoms with E-state index in [0.29, 0.717) is 48.3 Å². The zero-order valence-electron chi connectivity index (χ0n) is 16.8. The second-order valence-electron chi connectivity index (χ2n) is 8.15. The molecule has 3 N–H and O–H groups in total. The Morgan fingerprint density at radius 2 is 2.03 bits per heavy atom. The summed E-state index contributed by atoms with van der Waals surface area (Å²) < 4.78 is 1.54. The molecule has 0 saturated carbocycles. The molecule has 1 aliphatic carbocycles. The van der Waals surface area contributed by atoms with E-state index in [1.807, 2.05) is 0 Å². The molecule has 8 nitrogen and oxygen atoms in total. The minimum Gasteiger partial charge on any atom is -0.476 e. The quantitative estimate of drug-likeness (QED) is 0.639. The van der Waals surface area contributed by atoms with Crippen molar-refractivity contribution in [3.05, 3.63) is 46.8 Å². The zero-order valence-corrected chi connectivity index (χ0v) is 16.8. The van der Waals surface area contributed by atoms with Gasteiger partial charge in [-0.2, -0.15) is 5.10 Å². The van der Waals surface area contributed by atoms with Gasteiger partial charge in [0.2, 0.25) is 5.60 Å². The Morgan fingerprint density at radius 1 is 1.27 bits per heavy atom. The number of hydrogen-bond acceptors (Lipinski definition) is 5. The molecule has 2 aromatic rings. The van der Waals surface area contributed by atoms with Crippen LogP contribution in [0.5, 0.6) is 0 Å². The summed E-state index contributed by atoms with van der Waals surface area (Å²) in [5.74, 6) is 3.94. The number of likely N-dealkylation sites (N-methyl/N-ethyl adjacent to an activating group) is 1. The number of aromatic carboxylic acids is 1. The fraction of sp³-hybridized carbons (Fsp3) is 0.409. The number of amides is 1. The molecule has 1 aromatic carbocycles. The van der Waals surface area contributed by atoms with Crippen molar-refractivity contribution < 1.29 is 24.9 Å². The summed E-state index contributed by atoms with van der Waals surface area (Å²) in [5, 5.41) is 35.1. The van der Waals surface area contributed by atoms with Crippen LogP contribution in [-0.4, -0.2) is 61.1 Å². The maximum Gasteiger partial charge on any atom is 0.356 e. The summed E-state index contributed by atoms with van der Waals surface area (Å²) in [5.41, 5.74) is -0.913. The predicted molar refractivity (Wildman–Crippen MR) is 107 cm³/mol. The molecular formula is C22H23N3O5. The number of carbonyl (C=O) groups is 2. The van der Waals surface area contributed by atoms with Gasteiger partial charge >= 0.3 is 5.97 Å². The third kappa shape index (κ3) is 3.26. The molecule has 1 unspecified atom stereocenters. The third-order valence-electron chi connectivity index (χ3n) is 5.81. The fourth-order valence-corrected chi connectivity index (χ4v) is 4.20. The highest BCUT2D eigenvalue weighted by molar-refractivity contribution is 5.90. The first kappa shape index (κ1) is 20.1. The van der Waals surface area contributed by atoms with Crippen LogP contribution in [0.25, 0.3) is 5.69 Å². The van der Waals surface area contributed by atoms with Gasteiger partial charge in [-0.1, -0.05) is 17.9 Å². The Bertz CT molecular complexity index is 1110. The van der Waals surface area contributed by atoms with Crippen LogP contribution in [-0.2, 0) is 16.8 Å². The van der Waals surface area contributed by atoms with Crippen molar-refractivity contribution in [1.29, 1.82) is 0 Å². The number of carboxylic acids is 1. The number of carboxylic acid groups (broad SMARTS) is 1. The van der Waals surface area contributed by atoms with Crippen molar-refractivity contribution in [1.82, 2.24) is 14.7 Å². The van der Waals surface area contributed by atoms with E-state index in [9.17, 15) is 24.9 Å². The second-order valence-corrected chi connectivity index (χ2v) is 8.15. The van der Waals surface area contributed by atoms with Crippen LogP contribution in [0.4, 0.5) is 0 Å². The van der Waals surface area contributed by atoms with Crippen molar-refractivity contribution in [2.45, 2.75) is 43.8 Å². The lowest BCUT2D eigenvalue weighted by Crippen LogP contribution is -2.37. The Hall–Kier alpha value is -3.15. The number of carbonyl (C=O) groups excluding carboxylic acids is 1. The molecule has 4 rings (SSSR count). The number of aromatic nitrogens is 2. The fourth-order valence-electron chi connectivity index (χ4n) is 4.20. The first-order valence-corrected chi connectivity index (χ1v) is 9.82. The molecule has 0 bridgehead atoms. The van der Waals surface area contributed by atoms with Gasteiger partial charge in [-0.05, 0) is 44.4 Å². The predicted octanol–water partition coefficient (Wildman–Crippen LogP) is 1.06. The highest BCUT2D eigenvalue weighted by Gasteiger charge is 2.42. The summed E-state index contributed by atoms with van der Waals surface area (Å²) in [7, 11) is 1.62. The smallest absolute Gasteiger partial charge is 0.356 e. The van der Waals surface area contributed by atoms with Gasteiger partial charge in [-0.3, -0.25) is 4.79 Å². The van der Waals surface area contributed by atoms with Gasteiger partial charge in [-0.25, -0.2) is 9.48 Å². The summed E-state index contributed by atoms with van der Waals surface area (Å²) in [6, 6.07) is 6.99. The van der Waals surface area contributed by atoms with Gasteiger partial charge in [-0.15, -0.1) is 0 Å². The summed E-state index contributed by atoms with van der Waals surface area (Å²) in [4.78, 5) is 25.3. The number of aliphatic hydroxyl groups is 2. The minimum atomic E-state index is -1.69. The number of hydrogen-bond donors (Lipinski definition) is 3. The molecule has 1 aliphatic heterocycles. The molecule has 1 fully saturated rings. The number of nitrogens with zero attached hydrogens (tertiary/aromatic N) is 3. The van der Waals surface area contributed by atoms with Crippen LogP contribution < -0.4 is 0 Å². The van der Waals surface area contributed by atoms with Crippen LogP contribution in [0.3, 0.4) is 0 Å². The highest BCUT2D eigenvalue weighted by atomic mass is 16.4. The van der Waals surface area contributed by atoms with Crippen molar-refractivity contribution in [2.24, 2.45) is 0 Å². The van der Waals surface area contributed by atoms with Crippen LogP contribution >= 0.6 is 0 Å². The third-order valence-corrected chi connectivity index (χ3v) is 5.81. The molecule has 30 heavy (non-hydrogen) atoms. The number of benzene rings is 1. The first-order chi connectivity index (χ1) is 14.1. The van der Waals surface area contributed by atoms with Crippen molar-refractivity contribution in [3.8, 4) is 17.5 Å². The van der Waals surface area contributed by atoms with Gasteiger partial charge in [0.1, 0.15) is 0 Å². The molecule has 1 saturated heterocycles. The average Bonchev–Trinajstić information content (AvgIpc) is 3.22. The summed E-state index contributed by atoms with van der Waals surface area (Å²) in [6.45, 7) is 2.06. The largest absolute Gasteiger partial charge is 0.476 e. The highest BCUT2D eigenvalue weighted by Crippen LogP contribution is 2.38. The number of likely N-dealkylation sites (tertiary alicyclic amines) is 1. The van der Waals surface area contributed by atoms with Crippen molar-refractivity contribution in [3.63, 3.8) is 0 Å². The van der Waals surface area contributed by atoms with Gasteiger partial charge in [0.15, 0.2) is 5.69 Å². The van der Waals surface area contributed by atoms with E-state index >= 15 is 0 Å². The lowest BCUT2D eigenvalue weighted by molar-refractivity contribution is -0.137. The standard InChI is InChI=1S/C22H23N3O5/c1-21(29)9-4-7-16-17(21)18(19(26)27)23-25(16)15-6-3-5-14(13-15)8-10-22(30)11-12-24(2)20(22)28/h3,5-6,13,29-30H,4,7,9,11-12H2,1-2H3,(H,26,27)/t21?,22-/m0/s1. The van der Waals surface area contributed by atoms with Crippen LogP contribution in [0, 0.1) is 11.8 Å². The van der Waals surface area contributed by atoms with Crippen molar-refractivity contribution >= 4 is 11.9 Å². The average molecular weight is 409 g/mol. The molecule has 1 aromatic heterocycles. The van der Waals surface area contributed by atoms with E-state index in [2.05, 4.69) is 16.9 Å². The van der Waals surface area contributed by atoms with Crippen LogP contribution in [0.15, 0.2) is 24.3 Å².